The van der Waals surface area contributed by atoms with Crippen molar-refractivity contribution >= 4 is 22.4 Å². The summed E-state index contributed by atoms with van der Waals surface area (Å²) >= 11 is 0. The van der Waals surface area contributed by atoms with E-state index in [1.54, 1.807) is 12.1 Å². The predicted molar refractivity (Wildman–Crippen MR) is 83.9 cm³/mol. The van der Waals surface area contributed by atoms with Crippen molar-refractivity contribution in [2.45, 2.75) is 31.1 Å². The molecule has 4 nitrogen and oxygen atoms in total. The van der Waals surface area contributed by atoms with Gasteiger partial charge in [-0.05, 0) is 49.9 Å². The molecule has 1 aliphatic rings. The Hall–Kier alpha value is -0.620. The van der Waals surface area contributed by atoms with E-state index in [0.29, 0.717) is 17.4 Å². The molecule has 0 bridgehead atoms. The molecule has 1 fully saturated rings. The molecule has 114 valence electrons. The van der Waals surface area contributed by atoms with Crippen LogP contribution in [-0.2, 0) is 16.4 Å². The Kier molecular flexibility index (Phi) is 6.95. The van der Waals surface area contributed by atoms with Gasteiger partial charge in [0.05, 0.1) is 4.90 Å². The first kappa shape index (κ1) is 17.4. The molecular weight excluding hydrogens is 296 g/mol. The largest absolute Gasteiger partial charge is 0.316 e. The van der Waals surface area contributed by atoms with Crippen LogP contribution in [0.4, 0.5) is 0 Å². The minimum absolute atomic E-state index is 0. The summed E-state index contributed by atoms with van der Waals surface area (Å²) in [6.07, 6.45) is 2.78. The molecular formula is C14H23ClN2O2S. The number of sulfonamides is 1. The van der Waals surface area contributed by atoms with Gasteiger partial charge >= 0.3 is 0 Å². The number of hydrogen-bond donors (Lipinski definition) is 2. The van der Waals surface area contributed by atoms with Crippen molar-refractivity contribution in [2.75, 3.05) is 19.6 Å². The van der Waals surface area contributed by atoms with Gasteiger partial charge in [0.2, 0.25) is 10.0 Å². The molecule has 0 spiro atoms. The predicted octanol–water partition coefficient (Wildman–Crippen LogP) is 1.95. The Morgan fingerprint density at radius 3 is 2.75 bits per heavy atom. The van der Waals surface area contributed by atoms with Gasteiger partial charge in [-0.15, -0.1) is 12.4 Å². The molecule has 1 heterocycles. The lowest BCUT2D eigenvalue weighted by atomic mass is 10.1. The van der Waals surface area contributed by atoms with Crippen LogP contribution in [0.3, 0.4) is 0 Å². The Labute approximate surface area is 127 Å². The van der Waals surface area contributed by atoms with Gasteiger partial charge in [0.1, 0.15) is 0 Å². The van der Waals surface area contributed by atoms with Crippen LogP contribution < -0.4 is 10.0 Å². The normalized spacial score (nSPS) is 18.8. The number of nitrogens with one attached hydrogen (secondary N) is 2. The van der Waals surface area contributed by atoms with E-state index in [2.05, 4.69) is 10.0 Å². The summed E-state index contributed by atoms with van der Waals surface area (Å²) in [4.78, 5) is 0.419. The standard InChI is InChI=1S/C14H22N2O2S.ClH/c1-2-13-5-3-4-6-14(13)19(17,18)16-10-8-12-7-9-15-11-12;/h3-6,12,15-16H,2,7-11H2,1H3;1H. The van der Waals surface area contributed by atoms with E-state index in [-0.39, 0.29) is 12.4 Å². The van der Waals surface area contributed by atoms with Gasteiger partial charge in [-0.3, -0.25) is 0 Å². The molecule has 0 aliphatic carbocycles. The van der Waals surface area contributed by atoms with Crippen molar-refractivity contribution < 1.29 is 8.42 Å². The molecule has 0 aromatic heterocycles. The zero-order valence-corrected chi connectivity index (χ0v) is 13.4. The number of aryl methyl sites for hydroxylation is 1. The van der Waals surface area contributed by atoms with Gasteiger partial charge < -0.3 is 5.32 Å². The summed E-state index contributed by atoms with van der Waals surface area (Å²) in [5.41, 5.74) is 0.873. The second kappa shape index (κ2) is 7.98. The molecule has 6 heteroatoms. The first-order chi connectivity index (χ1) is 9.13. The number of halogens is 1. The van der Waals surface area contributed by atoms with E-state index in [1.807, 2.05) is 19.1 Å². The van der Waals surface area contributed by atoms with Crippen LogP contribution in [0, 0.1) is 5.92 Å². The third-order valence-electron chi connectivity index (χ3n) is 3.65. The SMILES string of the molecule is CCc1ccccc1S(=O)(=O)NCCC1CCNC1.Cl. The zero-order chi connectivity index (χ0) is 13.7. The van der Waals surface area contributed by atoms with Crippen LogP contribution in [0.5, 0.6) is 0 Å². The van der Waals surface area contributed by atoms with Gasteiger partial charge in [0.15, 0.2) is 0 Å². The highest BCUT2D eigenvalue weighted by atomic mass is 35.5. The summed E-state index contributed by atoms with van der Waals surface area (Å²) in [7, 11) is -3.37. The summed E-state index contributed by atoms with van der Waals surface area (Å²) in [5.74, 6) is 0.601. The van der Waals surface area contributed by atoms with E-state index in [9.17, 15) is 8.42 Å². The van der Waals surface area contributed by atoms with Gasteiger partial charge in [0.25, 0.3) is 0 Å². The molecule has 2 N–H and O–H groups in total. The Balaban J connectivity index is 0.00000200. The van der Waals surface area contributed by atoms with E-state index in [4.69, 9.17) is 0 Å². The topological polar surface area (TPSA) is 58.2 Å². The lowest BCUT2D eigenvalue weighted by Crippen LogP contribution is -2.27. The number of hydrogen-bond acceptors (Lipinski definition) is 3. The summed E-state index contributed by atoms with van der Waals surface area (Å²) < 4.78 is 27.2. The average molecular weight is 319 g/mol. The highest BCUT2D eigenvalue weighted by molar-refractivity contribution is 7.89. The Bertz CT molecular complexity index is 514. The third kappa shape index (κ3) is 4.45. The maximum absolute atomic E-state index is 12.3. The van der Waals surface area contributed by atoms with E-state index >= 15 is 0 Å². The second-order valence-corrected chi connectivity index (χ2v) is 6.74. The fourth-order valence-corrected chi connectivity index (χ4v) is 3.85. The van der Waals surface area contributed by atoms with Gasteiger partial charge in [-0.25, -0.2) is 13.1 Å². The highest BCUT2D eigenvalue weighted by Gasteiger charge is 2.19. The monoisotopic (exact) mass is 318 g/mol. The fourth-order valence-electron chi connectivity index (χ4n) is 2.49. The molecule has 1 unspecified atom stereocenters. The molecule has 0 amide bonds. The lowest BCUT2D eigenvalue weighted by molar-refractivity contribution is 0.519. The molecule has 1 atom stereocenters. The number of benzene rings is 1. The van der Waals surface area contributed by atoms with Crippen LogP contribution in [0.15, 0.2) is 29.2 Å². The van der Waals surface area contributed by atoms with Crippen molar-refractivity contribution in [3.63, 3.8) is 0 Å². The molecule has 20 heavy (non-hydrogen) atoms. The maximum atomic E-state index is 12.3. The van der Waals surface area contributed by atoms with Crippen LogP contribution >= 0.6 is 12.4 Å². The molecule has 1 aliphatic heterocycles. The van der Waals surface area contributed by atoms with Gasteiger partial charge in [-0.2, -0.15) is 0 Å². The van der Waals surface area contributed by atoms with Gasteiger partial charge in [0, 0.05) is 6.54 Å². The van der Waals surface area contributed by atoms with Crippen molar-refractivity contribution in [3.05, 3.63) is 29.8 Å². The molecule has 1 aromatic rings. The molecule has 0 saturated carbocycles. The van der Waals surface area contributed by atoms with Gasteiger partial charge in [-0.1, -0.05) is 25.1 Å². The van der Waals surface area contributed by atoms with E-state index in [1.165, 1.54) is 0 Å². The molecule has 2 rings (SSSR count). The third-order valence-corrected chi connectivity index (χ3v) is 5.21. The average Bonchev–Trinajstić information content (AvgIpc) is 2.91. The van der Waals surface area contributed by atoms with E-state index < -0.39 is 10.0 Å². The van der Waals surface area contributed by atoms with Crippen LogP contribution in [-0.4, -0.2) is 28.1 Å². The highest BCUT2D eigenvalue weighted by Crippen LogP contribution is 2.16. The van der Waals surface area contributed by atoms with Crippen LogP contribution in [0.1, 0.15) is 25.3 Å². The van der Waals surface area contributed by atoms with Crippen LogP contribution in [0.25, 0.3) is 0 Å². The van der Waals surface area contributed by atoms with Crippen molar-refractivity contribution in [3.8, 4) is 0 Å². The first-order valence-corrected chi connectivity index (χ1v) is 8.40. The van der Waals surface area contributed by atoms with Crippen molar-refractivity contribution in [2.24, 2.45) is 5.92 Å². The fraction of sp³-hybridized carbons (Fsp3) is 0.571. The minimum atomic E-state index is -3.37. The first-order valence-electron chi connectivity index (χ1n) is 6.91. The second-order valence-electron chi connectivity index (χ2n) is 5.01. The van der Waals surface area contributed by atoms with Crippen molar-refractivity contribution in [1.29, 1.82) is 0 Å². The molecule has 1 aromatic carbocycles. The molecule has 0 radical (unpaired) electrons. The summed E-state index contributed by atoms with van der Waals surface area (Å²) in [6.45, 7) is 4.55. The lowest BCUT2D eigenvalue weighted by Gasteiger charge is -2.12. The molecule has 1 saturated heterocycles. The smallest absolute Gasteiger partial charge is 0.240 e. The zero-order valence-electron chi connectivity index (χ0n) is 11.8. The Morgan fingerprint density at radius 2 is 2.10 bits per heavy atom. The minimum Gasteiger partial charge on any atom is -0.316 e. The van der Waals surface area contributed by atoms with E-state index in [0.717, 1.165) is 37.9 Å². The summed E-state index contributed by atoms with van der Waals surface area (Å²) in [5, 5.41) is 3.29. The van der Waals surface area contributed by atoms with Crippen LogP contribution in [0.2, 0.25) is 0 Å². The van der Waals surface area contributed by atoms with Crippen molar-refractivity contribution in [1.82, 2.24) is 10.0 Å². The maximum Gasteiger partial charge on any atom is 0.240 e. The number of rotatable bonds is 6. The summed E-state index contributed by atoms with van der Waals surface area (Å²) in [6, 6.07) is 7.20. The quantitative estimate of drug-likeness (QED) is 0.843. The Morgan fingerprint density at radius 1 is 1.35 bits per heavy atom.